The van der Waals surface area contributed by atoms with Gasteiger partial charge in [-0.05, 0) is 24.5 Å². The van der Waals surface area contributed by atoms with E-state index >= 15 is 0 Å². The van der Waals surface area contributed by atoms with E-state index in [-0.39, 0.29) is 18.4 Å². The topological polar surface area (TPSA) is 60.2 Å². The third kappa shape index (κ3) is 5.67. The zero-order valence-electron chi connectivity index (χ0n) is 10.6. The van der Waals surface area contributed by atoms with Crippen molar-refractivity contribution in [2.45, 2.75) is 31.2 Å². The minimum absolute atomic E-state index is 0. The van der Waals surface area contributed by atoms with Crippen molar-refractivity contribution >= 4 is 22.2 Å². The molecule has 102 valence electrons. The number of hydrogen-bond acceptors (Lipinski definition) is 3. The Hall–Kier alpha value is -0.840. The summed E-state index contributed by atoms with van der Waals surface area (Å²) < 4.78 is 23.8. The van der Waals surface area contributed by atoms with E-state index in [1.54, 1.807) is 36.4 Å². The minimum atomic E-state index is -3.35. The Balaban J connectivity index is 0.00000289. The van der Waals surface area contributed by atoms with Gasteiger partial charge in [-0.2, -0.15) is 0 Å². The lowest BCUT2D eigenvalue weighted by molar-refractivity contribution is 0.546. The highest BCUT2D eigenvalue weighted by molar-refractivity contribution is 7.94. The molecule has 0 spiro atoms. The van der Waals surface area contributed by atoms with Crippen molar-refractivity contribution in [3.8, 4) is 0 Å². The van der Waals surface area contributed by atoms with E-state index in [9.17, 15) is 8.42 Å². The fraction of sp³-hybridized carbons (Fsp3) is 0.385. The Morgan fingerprint density at radius 2 is 1.78 bits per heavy atom. The third-order valence-electron chi connectivity index (χ3n) is 2.32. The van der Waals surface area contributed by atoms with Gasteiger partial charge in [0, 0.05) is 11.4 Å². The summed E-state index contributed by atoms with van der Waals surface area (Å²) in [6, 6.07) is 8.13. The highest BCUT2D eigenvalue weighted by atomic mass is 35.5. The SMILES string of the molecule is CC(C)C[C@H](N)/C=C/S(=O)(=O)c1ccccc1.Cl. The molecule has 0 amide bonds. The summed E-state index contributed by atoms with van der Waals surface area (Å²) in [5.74, 6) is 0.453. The smallest absolute Gasteiger partial charge is 0.199 e. The van der Waals surface area contributed by atoms with Crippen molar-refractivity contribution in [3.05, 3.63) is 41.8 Å². The zero-order valence-corrected chi connectivity index (χ0v) is 12.2. The molecule has 0 bridgehead atoms. The van der Waals surface area contributed by atoms with Crippen molar-refractivity contribution < 1.29 is 8.42 Å². The summed E-state index contributed by atoms with van der Waals surface area (Å²) in [6.45, 7) is 4.11. The number of sulfone groups is 1. The Kier molecular flexibility index (Phi) is 7.21. The van der Waals surface area contributed by atoms with Crippen LogP contribution < -0.4 is 5.73 Å². The fourth-order valence-electron chi connectivity index (χ4n) is 1.52. The van der Waals surface area contributed by atoms with Gasteiger partial charge in [0.15, 0.2) is 9.84 Å². The molecule has 2 N–H and O–H groups in total. The van der Waals surface area contributed by atoms with Crippen molar-refractivity contribution in [2.75, 3.05) is 0 Å². The first-order valence-electron chi connectivity index (χ1n) is 5.66. The van der Waals surface area contributed by atoms with Gasteiger partial charge in [0.05, 0.1) is 4.90 Å². The van der Waals surface area contributed by atoms with Gasteiger partial charge >= 0.3 is 0 Å². The monoisotopic (exact) mass is 289 g/mol. The van der Waals surface area contributed by atoms with Crippen LogP contribution in [0, 0.1) is 5.92 Å². The molecule has 0 saturated heterocycles. The Labute approximate surface area is 115 Å². The van der Waals surface area contributed by atoms with Crippen molar-refractivity contribution in [1.29, 1.82) is 0 Å². The summed E-state index contributed by atoms with van der Waals surface area (Å²) >= 11 is 0. The van der Waals surface area contributed by atoms with Gasteiger partial charge in [0.1, 0.15) is 0 Å². The number of nitrogens with two attached hydrogens (primary N) is 1. The first-order valence-corrected chi connectivity index (χ1v) is 7.20. The molecule has 5 heteroatoms. The van der Waals surface area contributed by atoms with Gasteiger partial charge in [-0.15, -0.1) is 12.4 Å². The molecule has 1 rings (SSSR count). The van der Waals surface area contributed by atoms with E-state index in [2.05, 4.69) is 13.8 Å². The van der Waals surface area contributed by atoms with Crippen LogP contribution in [0.5, 0.6) is 0 Å². The predicted octanol–water partition coefficient (Wildman–Crippen LogP) is 2.77. The Morgan fingerprint density at radius 3 is 2.28 bits per heavy atom. The molecular weight excluding hydrogens is 270 g/mol. The van der Waals surface area contributed by atoms with Crippen LogP contribution in [0.15, 0.2) is 46.7 Å². The van der Waals surface area contributed by atoms with Crippen LogP contribution in [0.4, 0.5) is 0 Å². The van der Waals surface area contributed by atoms with Gasteiger partial charge in [-0.1, -0.05) is 38.1 Å². The molecular formula is C13H20ClNO2S. The minimum Gasteiger partial charge on any atom is -0.324 e. The number of halogens is 1. The van der Waals surface area contributed by atoms with E-state index in [4.69, 9.17) is 5.73 Å². The Morgan fingerprint density at radius 1 is 1.22 bits per heavy atom. The largest absolute Gasteiger partial charge is 0.324 e. The molecule has 1 atom stereocenters. The zero-order chi connectivity index (χ0) is 12.9. The molecule has 0 aliphatic carbocycles. The van der Waals surface area contributed by atoms with E-state index in [0.717, 1.165) is 6.42 Å². The first kappa shape index (κ1) is 17.2. The third-order valence-corrected chi connectivity index (χ3v) is 3.76. The summed E-state index contributed by atoms with van der Waals surface area (Å²) in [5, 5.41) is 1.20. The van der Waals surface area contributed by atoms with Crippen LogP contribution in [-0.4, -0.2) is 14.5 Å². The number of hydrogen-bond donors (Lipinski definition) is 1. The second-order valence-electron chi connectivity index (χ2n) is 4.48. The lowest BCUT2D eigenvalue weighted by Gasteiger charge is -2.08. The number of benzene rings is 1. The molecule has 0 aromatic heterocycles. The molecule has 1 aromatic rings. The normalized spacial score (nSPS) is 13.6. The quantitative estimate of drug-likeness (QED) is 0.907. The summed E-state index contributed by atoms with van der Waals surface area (Å²) in [5.41, 5.74) is 5.81. The molecule has 3 nitrogen and oxygen atoms in total. The lowest BCUT2D eigenvalue weighted by atomic mass is 10.1. The molecule has 0 aliphatic heterocycles. The standard InChI is InChI=1S/C13H19NO2S.ClH/c1-11(2)10-12(14)8-9-17(15,16)13-6-4-3-5-7-13;/h3-9,11-12H,10,14H2,1-2H3;1H/b9-8+;/t12-;/m1./s1. The number of rotatable bonds is 5. The first-order chi connectivity index (χ1) is 7.92. The van der Waals surface area contributed by atoms with Gasteiger partial charge in [-0.25, -0.2) is 8.42 Å². The van der Waals surface area contributed by atoms with Crippen LogP contribution in [0.3, 0.4) is 0 Å². The van der Waals surface area contributed by atoms with Crippen LogP contribution in [0.2, 0.25) is 0 Å². The molecule has 0 fully saturated rings. The van der Waals surface area contributed by atoms with Gasteiger partial charge in [-0.3, -0.25) is 0 Å². The highest BCUT2D eigenvalue weighted by Crippen LogP contribution is 2.12. The van der Waals surface area contributed by atoms with Gasteiger partial charge < -0.3 is 5.73 Å². The highest BCUT2D eigenvalue weighted by Gasteiger charge is 2.10. The lowest BCUT2D eigenvalue weighted by Crippen LogP contribution is -2.19. The van der Waals surface area contributed by atoms with Gasteiger partial charge in [0.25, 0.3) is 0 Å². The van der Waals surface area contributed by atoms with E-state index in [0.29, 0.717) is 10.8 Å². The molecule has 0 radical (unpaired) electrons. The van der Waals surface area contributed by atoms with Crippen molar-refractivity contribution in [2.24, 2.45) is 11.7 Å². The second kappa shape index (κ2) is 7.56. The Bertz CT molecular complexity index is 469. The van der Waals surface area contributed by atoms with E-state index in [1.165, 1.54) is 5.41 Å². The molecule has 1 aromatic carbocycles. The van der Waals surface area contributed by atoms with Crippen LogP contribution >= 0.6 is 12.4 Å². The summed E-state index contributed by atoms with van der Waals surface area (Å²) in [4.78, 5) is 0.299. The fourth-order valence-corrected chi connectivity index (χ4v) is 2.62. The molecule has 0 unspecified atom stereocenters. The average Bonchev–Trinajstić information content (AvgIpc) is 2.27. The second-order valence-corrected chi connectivity index (χ2v) is 6.31. The van der Waals surface area contributed by atoms with Crippen LogP contribution in [-0.2, 0) is 9.84 Å². The molecule has 0 aliphatic rings. The summed E-state index contributed by atoms with van der Waals surface area (Å²) in [6.07, 6.45) is 2.34. The molecule has 0 saturated carbocycles. The van der Waals surface area contributed by atoms with E-state index in [1.807, 2.05) is 0 Å². The summed E-state index contributed by atoms with van der Waals surface area (Å²) in [7, 11) is -3.35. The van der Waals surface area contributed by atoms with Crippen molar-refractivity contribution in [1.82, 2.24) is 0 Å². The molecule has 0 heterocycles. The van der Waals surface area contributed by atoms with E-state index < -0.39 is 9.84 Å². The maximum Gasteiger partial charge on any atom is 0.199 e. The van der Waals surface area contributed by atoms with Crippen molar-refractivity contribution in [3.63, 3.8) is 0 Å². The van der Waals surface area contributed by atoms with Crippen LogP contribution in [0.1, 0.15) is 20.3 Å². The maximum atomic E-state index is 11.9. The predicted molar refractivity (Wildman–Crippen MR) is 77.4 cm³/mol. The average molecular weight is 290 g/mol. The van der Waals surface area contributed by atoms with Crippen LogP contribution in [0.25, 0.3) is 0 Å². The molecule has 18 heavy (non-hydrogen) atoms. The maximum absolute atomic E-state index is 11.9. The van der Waals surface area contributed by atoms with Gasteiger partial charge in [0.2, 0.25) is 0 Å².